The van der Waals surface area contributed by atoms with E-state index in [2.05, 4.69) is 20.4 Å². The zero-order chi connectivity index (χ0) is 25.4. The molecule has 1 saturated heterocycles. The van der Waals surface area contributed by atoms with Gasteiger partial charge >= 0.3 is 0 Å². The fourth-order valence-corrected chi connectivity index (χ4v) is 4.88. The number of nitrogens with one attached hydrogen (secondary N) is 1. The maximum atomic E-state index is 13.4. The Labute approximate surface area is 209 Å². The standard InChI is InChI=1S/C26H30N6O4/c1-4-15(2)29-26(35)22-11-17-10-21(17)32(22)24(34)13-31-20-7-6-18(12-19(20)25(30-31)16(3)33)36-14-23-27-8-5-9-28-23/h5-9,12,15,17,21-22H,4,10-11,13-14H2,1-3H3,(H,29,35)/t15-,17-,21-,22+/m1/s1. The molecule has 2 aliphatic rings. The average Bonchev–Trinajstić information content (AvgIpc) is 3.38. The highest BCUT2D eigenvalue weighted by Gasteiger charge is 2.56. The highest BCUT2D eigenvalue weighted by molar-refractivity contribution is 6.05. The summed E-state index contributed by atoms with van der Waals surface area (Å²) < 4.78 is 7.37. The second kappa shape index (κ2) is 9.67. The summed E-state index contributed by atoms with van der Waals surface area (Å²) in [6.07, 6.45) is 5.75. The molecule has 4 atom stereocenters. The van der Waals surface area contributed by atoms with Crippen LogP contribution in [-0.4, -0.2) is 60.4 Å². The molecule has 5 rings (SSSR count). The van der Waals surface area contributed by atoms with Gasteiger partial charge in [-0.3, -0.25) is 19.1 Å². The number of likely N-dealkylation sites (tertiary alicyclic amines) is 1. The molecule has 0 spiro atoms. The van der Waals surface area contributed by atoms with Crippen LogP contribution in [0, 0.1) is 5.92 Å². The fraction of sp³-hybridized carbons (Fsp3) is 0.462. The van der Waals surface area contributed by atoms with E-state index in [0.29, 0.717) is 34.8 Å². The van der Waals surface area contributed by atoms with E-state index in [1.54, 1.807) is 46.2 Å². The highest BCUT2D eigenvalue weighted by atomic mass is 16.5. The summed E-state index contributed by atoms with van der Waals surface area (Å²) in [7, 11) is 0. The van der Waals surface area contributed by atoms with E-state index in [9.17, 15) is 14.4 Å². The van der Waals surface area contributed by atoms with Crippen molar-refractivity contribution in [2.45, 2.75) is 71.3 Å². The van der Waals surface area contributed by atoms with Crippen LogP contribution in [0.25, 0.3) is 10.9 Å². The van der Waals surface area contributed by atoms with E-state index in [1.165, 1.54) is 6.92 Å². The molecule has 36 heavy (non-hydrogen) atoms. The van der Waals surface area contributed by atoms with Gasteiger partial charge in [0.2, 0.25) is 11.8 Å². The van der Waals surface area contributed by atoms with Crippen molar-refractivity contribution in [2.24, 2.45) is 5.92 Å². The monoisotopic (exact) mass is 490 g/mol. The van der Waals surface area contributed by atoms with Crippen LogP contribution in [0.15, 0.2) is 36.7 Å². The van der Waals surface area contributed by atoms with E-state index in [4.69, 9.17) is 4.74 Å². The zero-order valence-corrected chi connectivity index (χ0v) is 20.7. The van der Waals surface area contributed by atoms with Gasteiger partial charge in [-0.05, 0) is 56.4 Å². The number of amides is 2. The van der Waals surface area contributed by atoms with Crippen molar-refractivity contribution in [1.82, 2.24) is 30.0 Å². The maximum Gasteiger partial charge on any atom is 0.245 e. The van der Waals surface area contributed by atoms with Gasteiger partial charge in [-0.25, -0.2) is 9.97 Å². The van der Waals surface area contributed by atoms with E-state index in [-0.39, 0.29) is 48.5 Å². The van der Waals surface area contributed by atoms with Crippen molar-refractivity contribution >= 4 is 28.5 Å². The number of ether oxygens (including phenoxy) is 1. The summed E-state index contributed by atoms with van der Waals surface area (Å²) in [5.74, 6) is 1.02. The van der Waals surface area contributed by atoms with E-state index in [1.807, 2.05) is 13.8 Å². The van der Waals surface area contributed by atoms with Crippen molar-refractivity contribution in [3.8, 4) is 5.75 Å². The predicted octanol–water partition coefficient (Wildman–Crippen LogP) is 2.51. The molecule has 0 radical (unpaired) electrons. The first-order chi connectivity index (χ1) is 17.4. The molecule has 10 heteroatoms. The van der Waals surface area contributed by atoms with Crippen molar-refractivity contribution in [1.29, 1.82) is 0 Å². The zero-order valence-electron chi connectivity index (χ0n) is 20.7. The van der Waals surface area contributed by atoms with Gasteiger partial charge in [-0.1, -0.05) is 6.92 Å². The number of carbonyl (C=O) groups excluding carboxylic acids is 3. The SMILES string of the molecule is CC[C@@H](C)NC(=O)[C@@H]1C[C@H]2C[C@H]2N1C(=O)Cn1nc(C(C)=O)c2cc(OCc3ncccn3)ccc21. The Kier molecular flexibility index (Phi) is 6.42. The van der Waals surface area contributed by atoms with E-state index >= 15 is 0 Å². The minimum atomic E-state index is -0.454. The number of nitrogens with zero attached hydrogens (tertiary/aromatic N) is 5. The van der Waals surface area contributed by atoms with Crippen molar-refractivity contribution in [2.75, 3.05) is 0 Å². The first-order valence-corrected chi connectivity index (χ1v) is 12.4. The van der Waals surface area contributed by atoms with Gasteiger partial charge in [0.15, 0.2) is 11.6 Å². The summed E-state index contributed by atoms with van der Waals surface area (Å²) in [6, 6.07) is 6.76. The van der Waals surface area contributed by atoms with E-state index in [0.717, 1.165) is 12.8 Å². The molecule has 1 N–H and O–H groups in total. The van der Waals surface area contributed by atoms with Crippen LogP contribution in [0.3, 0.4) is 0 Å². The molecule has 0 unspecified atom stereocenters. The number of ketones is 1. The van der Waals surface area contributed by atoms with Crippen LogP contribution in [0.1, 0.15) is 56.3 Å². The Morgan fingerprint density at radius 3 is 2.69 bits per heavy atom. The molecule has 1 aliphatic heterocycles. The normalized spacial score (nSPS) is 21.2. The molecule has 1 aliphatic carbocycles. The van der Waals surface area contributed by atoms with Crippen LogP contribution in [0.4, 0.5) is 0 Å². The first-order valence-electron chi connectivity index (χ1n) is 12.4. The highest BCUT2D eigenvalue weighted by Crippen LogP contribution is 2.48. The molecule has 3 aromatic rings. The summed E-state index contributed by atoms with van der Waals surface area (Å²) in [4.78, 5) is 48.7. The van der Waals surface area contributed by atoms with Crippen LogP contribution in [0.2, 0.25) is 0 Å². The van der Waals surface area contributed by atoms with E-state index < -0.39 is 6.04 Å². The molecule has 1 aromatic carbocycles. The van der Waals surface area contributed by atoms with Gasteiger partial charge in [-0.2, -0.15) is 5.10 Å². The Hall–Kier alpha value is -3.82. The molecule has 1 saturated carbocycles. The summed E-state index contributed by atoms with van der Waals surface area (Å²) >= 11 is 0. The topological polar surface area (TPSA) is 119 Å². The number of benzene rings is 1. The van der Waals surface area contributed by atoms with Crippen LogP contribution in [0.5, 0.6) is 5.75 Å². The Morgan fingerprint density at radius 1 is 1.19 bits per heavy atom. The fourth-order valence-electron chi connectivity index (χ4n) is 4.88. The molecular weight excluding hydrogens is 460 g/mol. The van der Waals surface area contributed by atoms with Crippen molar-refractivity contribution in [3.05, 3.63) is 48.2 Å². The lowest BCUT2D eigenvalue weighted by molar-refractivity contribution is -0.140. The number of hydrogen-bond acceptors (Lipinski definition) is 7. The second-order valence-corrected chi connectivity index (χ2v) is 9.63. The lowest BCUT2D eigenvalue weighted by Crippen LogP contribution is -2.50. The second-order valence-electron chi connectivity index (χ2n) is 9.63. The maximum absolute atomic E-state index is 13.4. The van der Waals surface area contributed by atoms with Crippen molar-refractivity contribution < 1.29 is 19.1 Å². The molecule has 2 fully saturated rings. The van der Waals surface area contributed by atoms with Crippen LogP contribution < -0.4 is 10.1 Å². The average molecular weight is 491 g/mol. The minimum absolute atomic E-state index is 0.0435. The summed E-state index contributed by atoms with van der Waals surface area (Å²) in [5.41, 5.74) is 0.931. The smallest absolute Gasteiger partial charge is 0.245 e. The molecule has 3 heterocycles. The third-order valence-electron chi connectivity index (χ3n) is 7.02. The number of piperidine rings is 1. The summed E-state index contributed by atoms with van der Waals surface area (Å²) in [6.45, 7) is 5.57. The number of hydrogen-bond donors (Lipinski definition) is 1. The number of fused-ring (bicyclic) bond motifs is 2. The van der Waals surface area contributed by atoms with Crippen molar-refractivity contribution in [3.63, 3.8) is 0 Å². The van der Waals surface area contributed by atoms with Crippen LogP contribution >= 0.6 is 0 Å². The molecule has 0 bridgehead atoms. The number of Topliss-reactive ketones (excluding diaryl/α,β-unsaturated/α-hetero) is 1. The Bertz CT molecular complexity index is 1310. The molecule has 2 amide bonds. The van der Waals surface area contributed by atoms with Gasteiger partial charge in [0.25, 0.3) is 0 Å². The summed E-state index contributed by atoms with van der Waals surface area (Å²) in [5, 5.41) is 8.10. The van der Waals surface area contributed by atoms with Gasteiger partial charge < -0.3 is 15.0 Å². The third-order valence-corrected chi connectivity index (χ3v) is 7.02. The van der Waals surface area contributed by atoms with Crippen LogP contribution in [-0.2, 0) is 22.7 Å². The predicted molar refractivity (Wildman–Crippen MR) is 131 cm³/mol. The molecule has 2 aromatic heterocycles. The Balaban J connectivity index is 1.36. The largest absolute Gasteiger partial charge is 0.486 e. The lowest BCUT2D eigenvalue weighted by Gasteiger charge is -2.28. The number of aromatic nitrogens is 4. The van der Waals surface area contributed by atoms with Gasteiger partial charge in [0, 0.05) is 36.8 Å². The van der Waals surface area contributed by atoms with Gasteiger partial charge in [-0.15, -0.1) is 0 Å². The number of rotatable bonds is 9. The molecule has 188 valence electrons. The molecular formula is C26H30N6O4. The Morgan fingerprint density at radius 2 is 1.97 bits per heavy atom. The minimum Gasteiger partial charge on any atom is -0.486 e. The third kappa shape index (κ3) is 4.67. The first kappa shape index (κ1) is 23.9. The molecule has 10 nitrogen and oxygen atoms in total. The van der Waals surface area contributed by atoms with Gasteiger partial charge in [0.05, 0.1) is 5.52 Å². The lowest BCUT2D eigenvalue weighted by atomic mass is 10.1. The quantitative estimate of drug-likeness (QED) is 0.458. The number of carbonyl (C=O) groups is 3. The van der Waals surface area contributed by atoms with Gasteiger partial charge in [0.1, 0.15) is 30.6 Å².